The highest BCUT2D eigenvalue weighted by molar-refractivity contribution is 6.29. The summed E-state index contributed by atoms with van der Waals surface area (Å²) < 4.78 is 29.6. The van der Waals surface area contributed by atoms with E-state index in [1.54, 1.807) is 18.3 Å². The number of fused-ring (bicyclic) bond motifs is 1. The SMILES string of the molecule is O=C([C@@H]1CCCc2nn(Cc3ccc(Cl)nc3)c(=O)n21)N1C[C@H](F)[C@@H](F)C1. The third-order valence-corrected chi connectivity index (χ3v) is 5.25. The molecule has 0 N–H and O–H groups in total. The van der Waals surface area contributed by atoms with E-state index >= 15 is 0 Å². The number of pyridine rings is 1. The second-order valence-corrected chi connectivity index (χ2v) is 7.29. The van der Waals surface area contributed by atoms with Crippen molar-refractivity contribution in [3.63, 3.8) is 0 Å². The molecule has 0 bridgehead atoms. The molecule has 1 saturated heterocycles. The highest BCUT2D eigenvalue weighted by Crippen LogP contribution is 2.27. The number of aromatic nitrogens is 4. The van der Waals surface area contributed by atoms with E-state index in [1.165, 1.54) is 14.1 Å². The van der Waals surface area contributed by atoms with Crippen LogP contribution in [0.5, 0.6) is 0 Å². The number of rotatable bonds is 3. The third kappa shape index (κ3) is 3.36. The van der Waals surface area contributed by atoms with E-state index in [1.807, 2.05) is 0 Å². The van der Waals surface area contributed by atoms with Crippen LogP contribution < -0.4 is 5.69 Å². The fourth-order valence-corrected chi connectivity index (χ4v) is 3.77. The monoisotopic (exact) mass is 397 g/mol. The molecule has 0 saturated carbocycles. The van der Waals surface area contributed by atoms with E-state index in [2.05, 4.69) is 10.1 Å². The van der Waals surface area contributed by atoms with Crippen molar-refractivity contribution < 1.29 is 13.6 Å². The quantitative estimate of drug-likeness (QED) is 0.736. The summed E-state index contributed by atoms with van der Waals surface area (Å²) in [7, 11) is 0. The van der Waals surface area contributed by atoms with Crippen molar-refractivity contribution in [3.05, 3.63) is 45.4 Å². The van der Waals surface area contributed by atoms with Gasteiger partial charge in [0.2, 0.25) is 5.91 Å². The van der Waals surface area contributed by atoms with Gasteiger partial charge in [0.05, 0.1) is 19.6 Å². The minimum atomic E-state index is -1.67. The van der Waals surface area contributed by atoms with E-state index in [9.17, 15) is 18.4 Å². The largest absolute Gasteiger partial charge is 0.346 e. The molecule has 0 spiro atoms. The number of alkyl halides is 2. The molecule has 1 amide bonds. The maximum absolute atomic E-state index is 13.5. The van der Waals surface area contributed by atoms with Crippen molar-refractivity contribution >= 4 is 17.5 Å². The fourth-order valence-electron chi connectivity index (χ4n) is 3.66. The number of nitrogens with zero attached hydrogens (tertiary/aromatic N) is 5. The average Bonchev–Trinajstić information content (AvgIpc) is 3.16. The highest BCUT2D eigenvalue weighted by atomic mass is 35.5. The first kappa shape index (κ1) is 18.1. The molecule has 2 aliphatic rings. The Hall–Kier alpha value is -2.29. The Balaban J connectivity index is 1.61. The Morgan fingerprint density at radius 2 is 2.00 bits per heavy atom. The normalized spacial score (nSPS) is 24.9. The van der Waals surface area contributed by atoms with Crippen LogP contribution in [0, 0.1) is 0 Å². The second kappa shape index (κ2) is 7.03. The molecule has 4 heterocycles. The number of halogens is 3. The van der Waals surface area contributed by atoms with Gasteiger partial charge in [-0.1, -0.05) is 17.7 Å². The number of carbonyl (C=O) groups excluding carboxylic acids is 1. The Bertz CT molecular complexity index is 903. The van der Waals surface area contributed by atoms with Crippen LogP contribution in [0.3, 0.4) is 0 Å². The van der Waals surface area contributed by atoms with Gasteiger partial charge < -0.3 is 4.90 Å². The lowest BCUT2D eigenvalue weighted by Crippen LogP contribution is -2.42. The highest BCUT2D eigenvalue weighted by Gasteiger charge is 2.40. The predicted octanol–water partition coefficient (Wildman–Crippen LogP) is 1.54. The number of hydrogen-bond acceptors (Lipinski definition) is 4. The Labute approximate surface area is 158 Å². The molecule has 0 aromatic carbocycles. The van der Waals surface area contributed by atoms with Gasteiger partial charge in [-0.2, -0.15) is 5.10 Å². The number of aryl methyl sites for hydroxylation is 1. The van der Waals surface area contributed by atoms with Gasteiger partial charge >= 0.3 is 5.69 Å². The Morgan fingerprint density at radius 3 is 2.67 bits per heavy atom. The lowest BCUT2D eigenvalue weighted by Gasteiger charge is -2.26. The van der Waals surface area contributed by atoms with Gasteiger partial charge in [0.15, 0.2) is 12.3 Å². The molecule has 2 aromatic heterocycles. The van der Waals surface area contributed by atoms with Crippen molar-refractivity contribution in [2.24, 2.45) is 0 Å². The molecule has 3 atom stereocenters. The summed E-state index contributed by atoms with van der Waals surface area (Å²) in [6.45, 7) is -0.344. The molecule has 4 rings (SSSR count). The first-order valence-electron chi connectivity index (χ1n) is 8.79. The van der Waals surface area contributed by atoms with E-state index < -0.39 is 30.0 Å². The van der Waals surface area contributed by atoms with Gasteiger partial charge in [-0.25, -0.2) is 23.2 Å². The van der Waals surface area contributed by atoms with E-state index in [0.29, 0.717) is 30.2 Å². The first-order valence-corrected chi connectivity index (χ1v) is 9.17. The molecule has 27 heavy (non-hydrogen) atoms. The van der Waals surface area contributed by atoms with Crippen molar-refractivity contribution in [1.29, 1.82) is 0 Å². The Morgan fingerprint density at radius 1 is 1.26 bits per heavy atom. The summed E-state index contributed by atoms with van der Waals surface area (Å²) in [6.07, 6.45) is -0.0840. The van der Waals surface area contributed by atoms with Crippen molar-refractivity contribution in [1.82, 2.24) is 24.2 Å². The van der Waals surface area contributed by atoms with Crippen LogP contribution >= 0.6 is 11.6 Å². The number of hydrogen-bond donors (Lipinski definition) is 0. The molecule has 10 heteroatoms. The van der Waals surface area contributed by atoms with Crippen molar-refractivity contribution in [2.45, 2.75) is 44.2 Å². The maximum Gasteiger partial charge on any atom is 0.346 e. The van der Waals surface area contributed by atoms with Gasteiger partial charge in [0.25, 0.3) is 0 Å². The third-order valence-electron chi connectivity index (χ3n) is 5.03. The maximum atomic E-state index is 13.5. The zero-order valence-electron chi connectivity index (χ0n) is 14.4. The summed E-state index contributed by atoms with van der Waals surface area (Å²) in [4.78, 5) is 30.8. The molecule has 1 fully saturated rings. The second-order valence-electron chi connectivity index (χ2n) is 6.90. The van der Waals surface area contributed by atoms with E-state index in [0.717, 1.165) is 5.56 Å². The van der Waals surface area contributed by atoms with Gasteiger partial charge in [0, 0.05) is 12.6 Å². The zero-order valence-corrected chi connectivity index (χ0v) is 15.1. The van der Waals surface area contributed by atoms with Crippen LogP contribution in [0.4, 0.5) is 8.78 Å². The summed E-state index contributed by atoms with van der Waals surface area (Å²) in [5.41, 5.74) is 0.339. The molecule has 144 valence electrons. The molecule has 0 unspecified atom stereocenters. The fraction of sp³-hybridized carbons (Fsp3) is 0.529. The van der Waals surface area contributed by atoms with Crippen molar-refractivity contribution in [3.8, 4) is 0 Å². The minimum Gasteiger partial charge on any atom is -0.335 e. The number of carbonyl (C=O) groups is 1. The molecule has 0 aliphatic carbocycles. The van der Waals surface area contributed by atoms with Gasteiger partial charge in [-0.15, -0.1) is 0 Å². The topological polar surface area (TPSA) is 73.0 Å². The summed E-state index contributed by atoms with van der Waals surface area (Å²) in [5, 5.41) is 4.70. The predicted molar refractivity (Wildman–Crippen MR) is 93.2 cm³/mol. The Kier molecular flexibility index (Phi) is 4.71. The smallest absolute Gasteiger partial charge is 0.335 e. The summed E-state index contributed by atoms with van der Waals surface area (Å²) in [6, 6.07) is 2.60. The van der Waals surface area contributed by atoms with Gasteiger partial charge in [-0.05, 0) is 24.5 Å². The van der Waals surface area contributed by atoms with E-state index in [-0.39, 0.29) is 19.6 Å². The minimum absolute atomic E-state index is 0.201. The van der Waals surface area contributed by atoms with E-state index in [4.69, 9.17) is 11.6 Å². The molecular formula is C17H18ClF2N5O2. The van der Waals surface area contributed by atoms with Gasteiger partial charge in [0.1, 0.15) is 17.0 Å². The summed E-state index contributed by atoms with van der Waals surface area (Å²) in [5.74, 6) is 0.0906. The van der Waals surface area contributed by atoms with Crippen LogP contribution in [0.25, 0.3) is 0 Å². The van der Waals surface area contributed by atoms with Crippen LogP contribution in [-0.4, -0.2) is 55.6 Å². The number of likely N-dealkylation sites (tertiary alicyclic amines) is 1. The van der Waals surface area contributed by atoms with Crippen LogP contribution in [0.15, 0.2) is 23.1 Å². The molecule has 2 aromatic rings. The molecule has 0 radical (unpaired) electrons. The summed E-state index contributed by atoms with van der Waals surface area (Å²) >= 11 is 5.77. The standard InChI is InChI=1S/C17H18ClF2N5O2/c18-14-5-4-10(6-21-14)7-24-17(27)25-13(2-1-3-15(25)22-24)16(26)23-8-11(19)12(20)9-23/h4-6,11-13H,1-3,7-9H2/t11-,12-,13-/m0/s1. The first-order chi connectivity index (χ1) is 12.9. The van der Waals surface area contributed by atoms with Crippen molar-refractivity contribution in [2.75, 3.05) is 13.1 Å². The van der Waals surface area contributed by atoms with Gasteiger partial charge in [-0.3, -0.25) is 9.36 Å². The average molecular weight is 398 g/mol. The molecule has 7 nitrogen and oxygen atoms in total. The lowest BCUT2D eigenvalue weighted by atomic mass is 10.0. The lowest BCUT2D eigenvalue weighted by molar-refractivity contribution is -0.134. The van der Waals surface area contributed by atoms with Crippen LogP contribution in [-0.2, 0) is 17.8 Å². The molecular weight excluding hydrogens is 380 g/mol. The molecule has 2 aliphatic heterocycles. The van der Waals surface area contributed by atoms with Crippen LogP contribution in [0.2, 0.25) is 5.15 Å². The van der Waals surface area contributed by atoms with Crippen LogP contribution in [0.1, 0.15) is 30.3 Å². The number of amides is 1. The zero-order chi connectivity index (χ0) is 19.1.